The van der Waals surface area contributed by atoms with E-state index in [0.717, 1.165) is 12.5 Å². The summed E-state index contributed by atoms with van der Waals surface area (Å²) in [6.45, 7) is 10.3. The molecule has 0 aromatic carbocycles. The van der Waals surface area contributed by atoms with Gasteiger partial charge in [0, 0.05) is 24.2 Å². The summed E-state index contributed by atoms with van der Waals surface area (Å²) in [4.78, 5) is 4.97. The molecule has 2 N–H and O–H groups in total. The van der Waals surface area contributed by atoms with E-state index < -0.39 is 0 Å². The van der Waals surface area contributed by atoms with E-state index in [1.807, 2.05) is 0 Å². The van der Waals surface area contributed by atoms with Crippen LogP contribution in [0.5, 0.6) is 0 Å². The maximum atomic E-state index is 9.60. The number of likely N-dealkylation sites (N-methyl/N-ethyl adjacent to an activating group) is 1. The summed E-state index contributed by atoms with van der Waals surface area (Å²) in [7, 11) is 4.39. The van der Waals surface area contributed by atoms with E-state index in [2.05, 4.69) is 50.0 Å². The van der Waals surface area contributed by atoms with Crippen LogP contribution < -0.4 is 5.32 Å². The fourth-order valence-electron chi connectivity index (χ4n) is 3.40. The summed E-state index contributed by atoms with van der Waals surface area (Å²) in [5.41, 5.74) is -0.123. The largest absolute Gasteiger partial charge is 0.394 e. The lowest BCUT2D eigenvalue weighted by Gasteiger charge is -2.36. The maximum absolute atomic E-state index is 9.60. The van der Waals surface area contributed by atoms with E-state index in [1.165, 1.54) is 45.3 Å². The van der Waals surface area contributed by atoms with Crippen LogP contribution in [-0.4, -0.2) is 72.9 Å². The number of piperidine rings is 1. The molecule has 1 fully saturated rings. The first-order valence-corrected chi connectivity index (χ1v) is 8.63. The Hall–Kier alpha value is -0.160. The molecule has 1 saturated heterocycles. The number of aliphatic hydroxyl groups excluding tert-OH is 1. The Bertz CT molecular complexity index is 283. The van der Waals surface area contributed by atoms with Crippen molar-refractivity contribution < 1.29 is 5.11 Å². The molecular weight excluding hydrogens is 262 g/mol. The zero-order valence-electron chi connectivity index (χ0n) is 14.9. The highest BCUT2D eigenvalue weighted by atomic mass is 16.3. The topological polar surface area (TPSA) is 38.7 Å². The average Bonchev–Trinajstić information content (AvgIpc) is 2.43. The zero-order valence-corrected chi connectivity index (χ0v) is 14.9. The average molecular weight is 300 g/mol. The normalized spacial score (nSPS) is 23.7. The summed E-state index contributed by atoms with van der Waals surface area (Å²) in [5.74, 6) is 0. The van der Waals surface area contributed by atoms with Crippen molar-refractivity contribution in [1.29, 1.82) is 0 Å². The van der Waals surface area contributed by atoms with Crippen molar-refractivity contribution in [2.24, 2.45) is 0 Å². The van der Waals surface area contributed by atoms with E-state index >= 15 is 0 Å². The summed E-state index contributed by atoms with van der Waals surface area (Å²) in [6.07, 6.45) is 6.12. The Labute approximate surface area is 131 Å². The van der Waals surface area contributed by atoms with Crippen LogP contribution in [0, 0.1) is 0 Å². The predicted octanol–water partition coefficient (Wildman–Crippen LogP) is 1.93. The van der Waals surface area contributed by atoms with Gasteiger partial charge in [0.2, 0.25) is 0 Å². The molecule has 1 rings (SSSR count). The number of aliphatic hydroxyl groups is 1. The van der Waals surface area contributed by atoms with Gasteiger partial charge in [-0.3, -0.25) is 0 Å². The van der Waals surface area contributed by atoms with Gasteiger partial charge in [-0.25, -0.2) is 0 Å². The molecule has 4 heteroatoms. The molecule has 0 bridgehead atoms. The van der Waals surface area contributed by atoms with Crippen LogP contribution in [0.2, 0.25) is 0 Å². The Morgan fingerprint density at radius 2 is 2.05 bits per heavy atom. The first-order chi connectivity index (χ1) is 9.86. The first kappa shape index (κ1) is 18.9. The molecule has 0 amide bonds. The van der Waals surface area contributed by atoms with Crippen molar-refractivity contribution in [2.75, 3.05) is 40.3 Å². The Morgan fingerprint density at radius 1 is 1.33 bits per heavy atom. The molecule has 4 nitrogen and oxygen atoms in total. The van der Waals surface area contributed by atoms with E-state index in [9.17, 15) is 5.11 Å². The molecule has 0 radical (unpaired) electrons. The van der Waals surface area contributed by atoms with Gasteiger partial charge in [0.05, 0.1) is 6.61 Å². The minimum atomic E-state index is -0.123. The van der Waals surface area contributed by atoms with Crippen LogP contribution in [-0.2, 0) is 0 Å². The third kappa shape index (κ3) is 7.09. The van der Waals surface area contributed by atoms with Crippen molar-refractivity contribution in [2.45, 2.75) is 70.5 Å². The molecule has 1 heterocycles. The second kappa shape index (κ2) is 9.09. The molecule has 21 heavy (non-hydrogen) atoms. The fraction of sp³-hybridized carbons (Fsp3) is 1.00. The van der Waals surface area contributed by atoms with Crippen molar-refractivity contribution in [3.8, 4) is 0 Å². The molecule has 0 saturated carbocycles. The molecule has 1 aliphatic heterocycles. The van der Waals surface area contributed by atoms with Crippen LogP contribution in [0.25, 0.3) is 0 Å². The molecule has 1 aliphatic rings. The second-order valence-electron chi connectivity index (χ2n) is 7.54. The van der Waals surface area contributed by atoms with Crippen molar-refractivity contribution in [1.82, 2.24) is 15.1 Å². The van der Waals surface area contributed by atoms with Gasteiger partial charge in [0.25, 0.3) is 0 Å². The minimum Gasteiger partial charge on any atom is -0.394 e. The monoisotopic (exact) mass is 299 g/mol. The lowest BCUT2D eigenvalue weighted by Crippen LogP contribution is -2.49. The number of likely N-dealkylation sites (tertiary alicyclic amines) is 1. The highest BCUT2D eigenvalue weighted by molar-refractivity contribution is 4.84. The molecule has 2 atom stereocenters. The van der Waals surface area contributed by atoms with Crippen molar-refractivity contribution in [3.05, 3.63) is 0 Å². The van der Waals surface area contributed by atoms with Crippen LogP contribution in [0.4, 0.5) is 0 Å². The van der Waals surface area contributed by atoms with Crippen LogP contribution in [0.3, 0.4) is 0 Å². The predicted molar refractivity (Wildman–Crippen MR) is 90.8 cm³/mol. The van der Waals surface area contributed by atoms with E-state index in [0.29, 0.717) is 6.04 Å². The number of hydrogen-bond acceptors (Lipinski definition) is 4. The van der Waals surface area contributed by atoms with Crippen molar-refractivity contribution >= 4 is 0 Å². The number of unbranched alkanes of at least 4 members (excludes halogenated alkanes) is 1. The van der Waals surface area contributed by atoms with E-state index in [4.69, 9.17) is 0 Å². The summed E-state index contributed by atoms with van der Waals surface area (Å²) >= 11 is 0. The molecular formula is C17H37N3O. The Balaban J connectivity index is 2.23. The number of rotatable bonds is 9. The standard InChI is InChI=1S/C17H37N3O/c1-15(2)18-17(3,14-21)10-6-7-11-20-12-8-9-16(13-20)19(4)5/h15-16,18,21H,6-14H2,1-5H3. The third-order valence-electron chi connectivity index (χ3n) is 4.65. The Kier molecular flexibility index (Phi) is 8.17. The maximum Gasteiger partial charge on any atom is 0.0610 e. The van der Waals surface area contributed by atoms with Gasteiger partial charge in [-0.1, -0.05) is 20.3 Å². The van der Waals surface area contributed by atoms with E-state index in [-0.39, 0.29) is 12.1 Å². The lowest BCUT2D eigenvalue weighted by molar-refractivity contribution is 0.126. The first-order valence-electron chi connectivity index (χ1n) is 8.63. The van der Waals surface area contributed by atoms with Gasteiger partial charge in [-0.15, -0.1) is 0 Å². The number of nitrogens with zero attached hydrogens (tertiary/aromatic N) is 2. The van der Waals surface area contributed by atoms with Gasteiger partial charge >= 0.3 is 0 Å². The quantitative estimate of drug-likeness (QED) is 0.638. The summed E-state index contributed by atoms with van der Waals surface area (Å²) < 4.78 is 0. The Morgan fingerprint density at radius 3 is 2.62 bits per heavy atom. The van der Waals surface area contributed by atoms with Gasteiger partial charge in [0.1, 0.15) is 0 Å². The molecule has 2 unspecified atom stereocenters. The molecule has 0 aromatic heterocycles. The molecule has 0 aliphatic carbocycles. The second-order valence-corrected chi connectivity index (χ2v) is 7.54. The zero-order chi connectivity index (χ0) is 15.9. The van der Waals surface area contributed by atoms with Crippen molar-refractivity contribution in [3.63, 3.8) is 0 Å². The van der Waals surface area contributed by atoms with Crippen LogP contribution >= 0.6 is 0 Å². The van der Waals surface area contributed by atoms with Crippen LogP contribution in [0.15, 0.2) is 0 Å². The summed E-state index contributed by atoms with van der Waals surface area (Å²) in [5, 5.41) is 13.1. The van der Waals surface area contributed by atoms with E-state index in [1.54, 1.807) is 0 Å². The van der Waals surface area contributed by atoms with Crippen LogP contribution in [0.1, 0.15) is 52.9 Å². The fourth-order valence-corrected chi connectivity index (χ4v) is 3.40. The van der Waals surface area contributed by atoms with Gasteiger partial charge < -0.3 is 20.2 Å². The highest BCUT2D eigenvalue weighted by Gasteiger charge is 2.24. The summed E-state index contributed by atoms with van der Waals surface area (Å²) in [6, 6.07) is 1.15. The highest BCUT2D eigenvalue weighted by Crippen LogP contribution is 2.17. The number of hydrogen-bond donors (Lipinski definition) is 2. The lowest BCUT2D eigenvalue weighted by atomic mass is 9.94. The van der Waals surface area contributed by atoms with Gasteiger partial charge in [0.15, 0.2) is 0 Å². The third-order valence-corrected chi connectivity index (χ3v) is 4.65. The van der Waals surface area contributed by atoms with Gasteiger partial charge in [-0.2, -0.15) is 0 Å². The number of nitrogens with one attached hydrogen (secondary N) is 1. The molecule has 0 aromatic rings. The molecule has 126 valence electrons. The molecule has 0 spiro atoms. The van der Waals surface area contributed by atoms with Gasteiger partial charge in [-0.05, 0) is 59.8 Å². The smallest absolute Gasteiger partial charge is 0.0610 e. The SMILES string of the molecule is CC(C)NC(C)(CO)CCCCN1CCCC(N(C)C)C1. The minimum absolute atomic E-state index is 0.123.